The van der Waals surface area contributed by atoms with E-state index in [9.17, 15) is 14.4 Å². The van der Waals surface area contributed by atoms with Crippen molar-refractivity contribution in [3.05, 3.63) is 29.3 Å². The number of benzene rings is 1. The number of rotatable bonds is 7. The molecule has 0 N–H and O–H groups in total. The maximum absolute atomic E-state index is 12.7. The van der Waals surface area contributed by atoms with Crippen molar-refractivity contribution in [1.29, 1.82) is 0 Å². The molecule has 190 valence electrons. The Morgan fingerprint density at radius 2 is 1.66 bits per heavy atom. The topological polar surface area (TPSA) is 70.2 Å². The van der Waals surface area contributed by atoms with Gasteiger partial charge in [0.1, 0.15) is 5.75 Å². The second-order valence-corrected chi connectivity index (χ2v) is 11.0. The summed E-state index contributed by atoms with van der Waals surface area (Å²) in [6.07, 6.45) is 9.84. The third-order valence-electron chi connectivity index (χ3n) is 8.74. The minimum atomic E-state index is -0.329. The van der Waals surface area contributed by atoms with E-state index in [1.807, 2.05) is 12.1 Å². The van der Waals surface area contributed by atoms with E-state index in [1.54, 1.807) is 19.0 Å². The van der Waals surface area contributed by atoms with Gasteiger partial charge in [-0.25, -0.2) is 4.79 Å². The van der Waals surface area contributed by atoms with E-state index < -0.39 is 0 Å². The summed E-state index contributed by atoms with van der Waals surface area (Å²) in [5.74, 6) is 1.35. The molecule has 0 bridgehead atoms. The van der Waals surface area contributed by atoms with Crippen molar-refractivity contribution < 1.29 is 19.1 Å². The molecule has 0 spiro atoms. The molecule has 4 atom stereocenters. The molecule has 0 radical (unpaired) electrons. The summed E-state index contributed by atoms with van der Waals surface area (Å²) in [6, 6.07) is 6.69. The molecule has 1 aromatic carbocycles. The zero-order valence-electron chi connectivity index (χ0n) is 21.2. The fraction of sp³-hybridized carbons (Fsp3) is 0.679. The quantitative estimate of drug-likeness (QED) is 0.431. The van der Waals surface area contributed by atoms with Gasteiger partial charge in [-0.1, -0.05) is 31.4 Å². The third kappa shape index (κ3) is 4.72. The summed E-state index contributed by atoms with van der Waals surface area (Å²) in [5.41, 5.74) is 2.55. The Morgan fingerprint density at radius 1 is 0.943 bits per heavy atom. The van der Waals surface area contributed by atoms with Gasteiger partial charge in [0.2, 0.25) is 11.8 Å². The van der Waals surface area contributed by atoms with Gasteiger partial charge in [0.15, 0.2) is 0 Å². The number of imide groups is 1. The summed E-state index contributed by atoms with van der Waals surface area (Å²) < 4.78 is 5.65. The molecular weight excluding hydrogens is 442 g/mol. The summed E-state index contributed by atoms with van der Waals surface area (Å²) in [4.78, 5) is 43.1. The molecule has 4 unspecified atom stereocenters. The van der Waals surface area contributed by atoms with E-state index in [1.165, 1.54) is 16.0 Å². The van der Waals surface area contributed by atoms with E-state index in [-0.39, 0.29) is 29.7 Å². The fourth-order valence-corrected chi connectivity index (χ4v) is 6.93. The second-order valence-electron chi connectivity index (χ2n) is 11.0. The Labute approximate surface area is 208 Å². The monoisotopic (exact) mass is 481 g/mol. The highest BCUT2D eigenvalue weighted by Gasteiger charge is 2.47. The first-order valence-electron chi connectivity index (χ1n) is 13.6. The minimum Gasteiger partial charge on any atom is -0.410 e. The lowest BCUT2D eigenvalue weighted by atomic mass is 9.79. The lowest BCUT2D eigenvalue weighted by molar-refractivity contribution is -0.140. The molecule has 2 aliphatic carbocycles. The summed E-state index contributed by atoms with van der Waals surface area (Å²) in [6.45, 7) is 2.76. The van der Waals surface area contributed by atoms with Crippen LogP contribution in [0.5, 0.6) is 5.75 Å². The van der Waals surface area contributed by atoms with Crippen LogP contribution in [0.2, 0.25) is 0 Å². The van der Waals surface area contributed by atoms with Gasteiger partial charge < -0.3 is 9.64 Å². The van der Waals surface area contributed by atoms with Crippen molar-refractivity contribution in [3.8, 4) is 5.75 Å². The van der Waals surface area contributed by atoms with Crippen LogP contribution in [0.4, 0.5) is 4.79 Å². The Kier molecular flexibility index (Phi) is 7.14. The van der Waals surface area contributed by atoms with Crippen LogP contribution < -0.4 is 4.74 Å². The predicted molar refractivity (Wildman–Crippen MR) is 133 cm³/mol. The van der Waals surface area contributed by atoms with Crippen molar-refractivity contribution in [2.45, 2.75) is 76.2 Å². The van der Waals surface area contributed by atoms with Crippen molar-refractivity contribution in [1.82, 2.24) is 14.7 Å². The standard InChI is InChI=1S/C28H39N3O4/c1-29(2)28(34)35-25-12-8-11-19-20-15-18-30(24(20)14-13-21(19)25)16-6-3-7-17-31-26(32)22-9-4-5-10-23(22)27(31)33/h8,11-12,20,22-24H,3-7,9-10,13-18H2,1-2H3. The van der Waals surface area contributed by atoms with Gasteiger partial charge in [0.05, 0.1) is 11.8 Å². The molecule has 1 saturated carbocycles. The first kappa shape index (κ1) is 24.3. The minimum absolute atomic E-state index is 0.0288. The highest BCUT2D eigenvalue weighted by Crippen LogP contribution is 2.44. The lowest BCUT2D eigenvalue weighted by Gasteiger charge is -2.34. The van der Waals surface area contributed by atoms with Gasteiger partial charge in [-0.3, -0.25) is 19.4 Å². The maximum Gasteiger partial charge on any atom is 0.414 e. The van der Waals surface area contributed by atoms with Crippen LogP contribution in [0.15, 0.2) is 18.2 Å². The molecule has 3 fully saturated rings. The van der Waals surface area contributed by atoms with E-state index in [2.05, 4.69) is 11.0 Å². The van der Waals surface area contributed by atoms with Gasteiger partial charge in [0, 0.05) is 32.6 Å². The number of hydrogen-bond acceptors (Lipinski definition) is 5. The number of unbranched alkanes of at least 4 members (excludes halogenated alkanes) is 2. The first-order chi connectivity index (χ1) is 17.0. The number of fused-ring (bicyclic) bond motifs is 4. The number of carbonyl (C=O) groups excluding carboxylic acids is 3. The highest BCUT2D eigenvalue weighted by atomic mass is 16.6. The van der Waals surface area contributed by atoms with Crippen LogP contribution in [-0.4, -0.2) is 72.4 Å². The van der Waals surface area contributed by atoms with Crippen molar-refractivity contribution in [3.63, 3.8) is 0 Å². The van der Waals surface area contributed by atoms with Crippen LogP contribution in [0.1, 0.15) is 74.8 Å². The number of nitrogens with zero attached hydrogens (tertiary/aromatic N) is 3. The number of amides is 3. The van der Waals surface area contributed by atoms with Crippen LogP contribution in [-0.2, 0) is 16.0 Å². The Hall–Kier alpha value is -2.41. The normalized spacial score (nSPS) is 28.0. The van der Waals surface area contributed by atoms with Gasteiger partial charge in [-0.2, -0.15) is 0 Å². The number of hydrogen-bond donors (Lipinski definition) is 0. The number of carbonyl (C=O) groups is 3. The van der Waals surface area contributed by atoms with Crippen LogP contribution in [0.25, 0.3) is 0 Å². The van der Waals surface area contributed by atoms with E-state index in [4.69, 9.17) is 4.74 Å². The Morgan fingerprint density at radius 3 is 2.37 bits per heavy atom. The lowest BCUT2D eigenvalue weighted by Crippen LogP contribution is -2.36. The Balaban J connectivity index is 1.10. The molecule has 4 aliphatic rings. The van der Waals surface area contributed by atoms with Gasteiger partial charge in [-0.05, 0) is 75.2 Å². The van der Waals surface area contributed by atoms with Crippen LogP contribution in [0, 0.1) is 11.8 Å². The molecular formula is C28H39N3O4. The molecule has 7 nitrogen and oxygen atoms in total. The second kappa shape index (κ2) is 10.3. The molecule has 1 aromatic rings. The molecule has 35 heavy (non-hydrogen) atoms. The van der Waals surface area contributed by atoms with E-state index in [0.29, 0.717) is 24.3 Å². The fourth-order valence-electron chi connectivity index (χ4n) is 6.93. The third-order valence-corrected chi connectivity index (χ3v) is 8.74. The SMILES string of the molecule is CN(C)C(=O)Oc1cccc2c1CCC1C2CCN1CCCCCN1C(=O)C2CCCCC2C1=O. The molecule has 0 aromatic heterocycles. The maximum atomic E-state index is 12.7. The largest absolute Gasteiger partial charge is 0.414 e. The zero-order chi connectivity index (χ0) is 24.5. The summed E-state index contributed by atoms with van der Waals surface area (Å²) in [5, 5.41) is 0. The molecule has 2 heterocycles. The molecule has 5 rings (SSSR count). The van der Waals surface area contributed by atoms with E-state index >= 15 is 0 Å². The van der Waals surface area contributed by atoms with Crippen LogP contribution >= 0.6 is 0 Å². The average molecular weight is 482 g/mol. The Bertz CT molecular complexity index is 953. The van der Waals surface area contributed by atoms with Crippen LogP contribution in [0.3, 0.4) is 0 Å². The van der Waals surface area contributed by atoms with Gasteiger partial charge in [-0.15, -0.1) is 0 Å². The molecule has 7 heteroatoms. The zero-order valence-corrected chi connectivity index (χ0v) is 21.2. The van der Waals surface area contributed by atoms with Crippen molar-refractivity contribution >= 4 is 17.9 Å². The average Bonchev–Trinajstić information content (AvgIpc) is 3.38. The highest BCUT2D eigenvalue weighted by molar-refractivity contribution is 6.05. The van der Waals surface area contributed by atoms with Crippen molar-refractivity contribution in [2.75, 3.05) is 33.7 Å². The summed E-state index contributed by atoms with van der Waals surface area (Å²) in [7, 11) is 3.41. The molecule has 2 saturated heterocycles. The smallest absolute Gasteiger partial charge is 0.410 e. The first-order valence-corrected chi connectivity index (χ1v) is 13.6. The van der Waals surface area contributed by atoms with E-state index in [0.717, 1.165) is 77.3 Å². The number of likely N-dealkylation sites (tertiary alicyclic amines) is 2. The molecule has 2 aliphatic heterocycles. The predicted octanol–water partition coefficient (Wildman–Crippen LogP) is 4.20. The number of ether oxygens (including phenoxy) is 1. The van der Waals surface area contributed by atoms with Crippen molar-refractivity contribution in [2.24, 2.45) is 11.8 Å². The van der Waals surface area contributed by atoms with Gasteiger partial charge >= 0.3 is 6.09 Å². The van der Waals surface area contributed by atoms with Gasteiger partial charge in [0.25, 0.3) is 0 Å². The molecule has 3 amide bonds. The summed E-state index contributed by atoms with van der Waals surface area (Å²) >= 11 is 0.